The molecule has 4 rings (SSSR count). The number of nitrogens with one attached hydrogen (secondary N) is 5. The fourth-order valence-corrected chi connectivity index (χ4v) is 4.30. The molecule has 164 valence electrons. The third kappa shape index (κ3) is 5.30. The van der Waals surface area contributed by atoms with Gasteiger partial charge in [-0.05, 0) is 38.5 Å². The first-order valence-corrected chi connectivity index (χ1v) is 11.0. The van der Waals surface area contributed by atoms with Crippen LogP contribution in [0.25, 0.3) is 11.2 Å². The van der Waals surface area contributed by atoms with Crippen LogP contribution < -0.4 is 16.0 Å². The van der Waals surface area contributed by atoms with Crippen LogP contribution in [0, 0.1) is 24.2 Å². The maximum atomic E-state index is 8.85. The molecule has 1 aliphatic rings. The number of nitrogens with zero attached hydrogens (tertiary/aromatic N) is 5. The summed E-state index contributed by atoms with van der Waals surface area (Å²) in [6.45, 7) is 4.94. The number of fused-ring (bicyclic) bond motifs is 1. The number of aromatic nitrogens is 6. The second kappa shape index (κ2) is 9.75. The summed E-state index contributed by atoms with van der Waals surface area (Å²) in [5.74, 6) is 2.53. The molecule has 1 saturated carbocycles. The quantitative estimate of drug-likeness (QED) is 0.275. The Morgan fingerprint density at radius 1 is 1.23 bits per heavy atom. The first kappa shape index (κ1) is 21.1. The van der Waals surface area contributed by atoms with E-state index in [1.54, 1.807) is 6.33 Å². The van der Waals surface area contributed by atoms with Crippen molar-refractivity contribution in [1.29, 1.82) is 5.26 Å². The summed E-state index contributed by atoms with van der Waals surface area (Å²) in [7, 11) is 0. The minimum absolute atomic E-state index is 0.266. The lowest BCUT2D eigenvalue weighted by molar-refractivity contribution is 0.425. The molecule has 31 heavy (non-hydrogen) atoms. The lowest BCUT2D eigenvalue weighted by atomic mass is 9.95. The largest absolute Gasteiger partial charge is 0.365 e. The number of aromatic amines is 2. The molecule has 0 aromatic carbocycles. The zero-order valence-electron chi connectivity index (χ0n) is 18.1. The van der Waals surface area contributed by atoms with Crippen molar-refractivity contribution in [3.05, 3.63) is 18.1 Å². The van der Waals surface area contributed by atoms with E-state index >= 15 is 0 Å². The molecule has 0 saturated heterocycles. The lowest BCUT2D eigenvalue weighted by Crippen LogP contribution is -2.34. The zero-order chi connectivity index (χ0) is 21.6. The Kier molecular flexibility index (Phi) is 6.62. The van der Waals surface area contributed by atoms with Crippen LogP contribution in [0.4, 0.5) is 17.6 Å². The highest BCUT2D eigenvalue weighted by molar-refractivity contribution is 5.84. The molecule has 3 unspecified atom stereocenters. The molecule has 5 N–H and O–H groups in total. The molecule has 3 aromatic rings. The van der Waals surface area contributed by atoms with Crippen molar-refractivity contribution < 1.29 is 0 Å². The number of nitriles is 1. The summed E-state index contributed by atoms with van der Waals surface area (Å²) in [5, 5.41) is 26.4. The summed E-state index contributed by atoms with van der Waals surface area (Å²) >= 11 is 0. The maximum Gasteiger partial charge on any atom is 0.232 e. The van der Waals surface area contributed by atoms with Crippen LogP contribution in [0.1, 0.15) is 51.1 Å². The molecule has 3 heterocycles. The van der Waals surface area contributed by atoms with Gasteiger partial charge in [-0.3, -0.25) is 5.10 Å². The van der Waals surface area contributed by atoms with Gasteiger partial charge in [0.1, 0.15) is 5.52 Å². The smallest absolute Gasteiger partial charge is 0.232 e. The van der Waals surface area contributed by atoms with Gasteiger partial charge in [-0.25, -0.2) is 4.98 Å². The number of aryl methyl sites for hydroxylation is 1. The third-order valence-corrected chi connectivity index (χ3v) is 5.92. The zero-order valence-corrected chi connectivity index (χ0v) is 18.1. The minimum Gasteiger partial charge on any atom is -0.365 e. The van der Waals surface area contributed by atoms with Crippen LogP contribution in [0.3, 0.4) is 0 Å². The molecular weight excluding hydrogens is 392 g/mol. The molecule has 1 aliphatic carbocycles. The fraction of sp³-hybridized carbons (Fsp3) is 0.571. The van der Waals surface area contributed by atoms with E-state index in [9.17, 15) is 0 Å². The highest BCUT2D eigenvalue weighted by atomic mass is 15.2. The van der Waals surface area contributed by atoms with Crippen LogP contribution in [-0.2, 0) is 0 Å². The van der Waals surface area contributed by atoms with Crippen molar-refractivity contribution in [2.75, 3.05) is 17.2 Å². The van der Waals surface area contributed by atoms with Crippen molar-refractivity contribution >= 4 is 28.7 Å². The molecule has 0 spiro atoms. The van der Waals surface area contributed by atoms with Gasteiger partial charge in [0.05, 0.1) is 12.4 Å². The number of hydrogen-bond donors (Lipinski definition) is 5. The molecule has 0 bridgehead atoms. The molecule has 0 radical (unpaired) electrons. The number of imidazole rings is 1. The minimum atomic E-state index is 0.266. The second-order valence-corrected chi connectivity index (χ2v) is 8.28. The standard InChI is InChI=1S/C21H30N10/c1-3-14-5-6-15(23-8-4-7-22)11-16(10-14)26-20-18-19(25-12-24-18)28-21(29-20)27-17-9-13(2)30-31-17/h9,12,14-16,23H,3-6,8,10-11H2,1-2H3,(H4,24,25,26,27,28,29,30,31). The van der Waals surface area contributed by atoms with Crippen LogP contribution in [0.15, 0.2) is 12.4 Å². The average molecular weight is 423 g/mol. The number of rotatable bonds is 8. The van der Waals surface area contributed by atoms with Crippen LogP contribution in [0.2, 0.25) is 0 Å². The highest BCUT2D eigenvalue weighted by Crippen LogP contribution is 2.29. The van der Waals surface area contributed by atoms with Gasteiger partial charge in [0, 0.05) is 36.8 Å². The van der Waals surface area contributed by atoms with Crippen molar-refractivity contribution in [2.24, 2.45) is 5.92 Å². The predicted octanol–water partition coefficient (Wildman–Crippen LogP) is 3.38. The van der Waals surface area contributed by atoms with E-state index in [0.717, 1.165) is 49.3 Å². The van der Waals surface area contributed by atoms with Crippen LogP contribution >= 0.6 is 0 Å². The van der Waals surface area contributed by atoms with Gasteiger partial charge in [-0.15, -0.1) is 0 Å². The van der Waals surface area contributed by atoms with Gasteiger partial charge in [0.25, 0.3) is 0 Å². The van der Waals surface area contributed by atoms with E-state index in [2.05, 4.69) is 54.1 Å². The lowest BCUT2D eigenvalue weighted by Gasteiger charge is -2.23. The van der Waals surface area contributed by atoms with Gasteiger partial charge in [0.15, 0.2) is 17.3 Å². The maximum absolute atomic E-state index is 8.85. The molecule has 10 heteroatoms. The first-order valence-electron chi connectivity index (χ1n) is 11.0. The SMILES string of the molecule is CCC1CCC(NCCC#N)CC(Nc2nc(Nc3cc(C)[nH]n3)nc3[nH]cnc23)C1. The van der Waals surface area contributed by atoms with Crippen molar-refractivity contribution in [2.45, 2.75) is 64.5 Å². The monoisotopic (exact) mass is 422 g/mol. The number of anilines is 3. The van der Waals surface area contributed by atoms with Crippen LogP contribution in [0.5, 0.6) is 0 Å². The first-order chi connectivity index (χ1) is 15.1. The van der Waals surface area contributed by atoms with E-state index in [1.807, 2.05) is 13.0 Å². The van der Waals surface area contributed by atoms with Crippen molar-refractivity contribution in [1.82, 2.24) is 35.5 Å². The van der Waals surface area contributed by atoms with Gasteiger partial charge in [-0.2, -0.15) is 20.3 Å². The Morgan fingerprint density at radius 3 is 2.90 bits per heavy atom. The average Bonchev–Trinajstić information content (AvgIpc) is 3.34. The van der Waals surface area contributed by atoms with E-state index in [0.29, 0.717) is 35.8 Å². The molecule has 3 atom stereocenters. The summed E-state index contributed by atoms with van der Waals surface area (Å²) in [6.07, 6.45) is 7.74. The Labute approximate surface area is 181 Å². The predicted molar refractivity (Wildman–Crippen MR) is 120 cm³/mol. The van der Waals surface area contributed by atoms with E-state index in [4.69, 9.17) is 10.2 Å². The molecule has 3 aromatic heterocycles. The summed E-state index contributed by atoms with van der Waals surface area (Å²) in [5.41, 5.74) is 2.37. The fourth-order valence-electron chi connectivity index (χ4n) is 4.30. The van der Waals surface area contributed by atoms with Gasteiger partial charge in [-0.1, -0.05) is 13.3 Å². The summed E-state index contributed by atoms with van der Waals surface area (Å²) in [6, 6.07) is 4.78. The van der Waals surface area contributed by atoms with Crippen LogP contribution in [-0.4, -0.2) is 48.8 Å². The van der Waals surface area contributed by atoms with E-state index < -0.39 is 0 Å². The van der Waals surface area contributed by atoms with Gasteiger partial charge >= 0.3 is 0 Å². The Hall–Kier alpha value is -3.19. The van der Waals surface area contributed by atoms with Crippen molar-refractivity contribution in [3.63, 3.8) is 0 Å². The molecular formula is C21H30N10. The number of hydrogen-bond acceptors (Lipinski definition) is 8. The van der Waals surface area contributed by atoms with Crippen molar-refractivity contribution in [3.8, 4) is 6.07 Å². The molecule has 10 nitrogen and oxygen atoms in total. The Balaban J connectivity index is 1.54. The Bertz CT molecular complexity index is 1030. The third-order valence-electron chi connectivity index (χ3n) is 5.92. The summed E-state index contributed by atoms with van der Waals surface area (Å²) in [4.78, 5) is 16.8. The Morgan fingerprint density at radius 2 is 2.13 bits per heavy atom. The second-order valence-electron chi connectivity index (χ2n) is 8.28. The van der Waals surface area contributed by atoms with Gasteiger partial charge < -0.3 is 20.9 Å². The molecule has 0 amide bonds. The highest BCUT2D eigenvalue weighted by Gasteiger charge is 2.26. The summed E-state index contributed by atoms with van der Waals surface area (Å²) < 4.78 is 0. The van der Waals surface area contributed by atoms with E-state index in [-0.39, 0.29) is 6.04 Å². The van der Waals surface area contributed by atoms with Gasteiger partial charge in [0.2, 0.25) is 5.95 Å². The topological polar surface area (TPSA) is 143 Å². The normalized spacial score (nSPS) is 21.5. The molecule has 1 fully saturated rings. The molecule has 0 aliphatic heterocycles. The van der Waals surface area contributed by atoms with E-state index in [1.165, 1.54) is 6.42 Å². The number of H-pyrrole nitrogens is 2.